The first-order chi connectivity index (χ1) is 9.33. The minimum atomic E-state index is 0.316. The number of nitrogens with zero attached hydrogens (tertiary/aromatic N) is 2. The number of nitriles is 1. The van der Waals surface area contributed by atoms with Crippen molar-refractivity contribution in [2.45, 2.75) is 5.88 Å². The lowest BCUT2D eigenvalue weighted by molar-refractivity contribution is 1.29. The van der Waals surface area contributed by atoms with E-state index in [1.807, 2.05) is 42.5 Å². The van der Waals surface area contributed by atoms with Gasteiger partial charge in [-0.3, -0.25) is 0 Å². The van der Waals surface area contributed by atoms with Crippen LogP contribution in [0.2, 0.25) is 0 Å². The summed E-state index contributed by atoms with van der Waals surface area (Å²) in [5.74, 6) is 1.02. The first-order valence-electron chi connectivity index (χ1n) is 5.86. The molecule has 0 aliphatic heterocycles. The van der Waals surface area contributed by atoms with Crippen molar-refractivity contribution >= 4 is 22.6 Å². The average Bonchev–Trinajstić information content (AvgIpc) is 2.89. The van der Waals surface area contributed by atoms with Crippen LogP contribution in [0, 0.1) is 11.3 Å². The molecule has 0 aliphatic rings. The molecular weight excluding hydrogens is 258 g/mol. The summed E-state index contributed by atoms with van der Waals surface area (Å²) in [6.45, 7) is 0. The maximum absolute atomic E-state index is 9.32. The molecule has 0 saturated heterocycles. The Kier molecular flexibility index (Phi) is 2.94. The molecule has 0 bridgehead atoms. The third-order valence-electron chi connectivity index (χ3n) is 3.05. The number of aromatic amines is 1. The number of benzene rings is 2. The van der Waals surface area contributed by atoms with Crippen molar-refractivity contribution in [2.75, 3.05) is 0 Å². The molecule has 1 aromatic heterocycles. The molecule has 0 radical (unpaired) electrons. The minimum absolute atomic E-state index is 0.316. The van der Waals surface area contributed by atoms with Crippen LogP contribution in [0.25, 0.3) is 22.4 Å². The fraction of sp³-hybridized carbons (Fsp3) is 0.0667. The van der Waals surface area contributed by atoms with E-state index in [1.165, 1.54) is 0 Å². The number of aromatic nitrogens is 2. The number of halogens is 1. The number of nitrogens with one attached hydrogen (secondary N) is 1. The van der Waals surface area contributed by atoms with E-state index in [-0.39, 0.29) is 0 Å². The maximum atomic E-state index is 9.32. The highest BCUT2D eigenvalue weighted by molar-refractivity contribution is 6.17. The van der Waals surface area contributed by atoms with Gasteiger partial charge in [-0.25, -0.2) is 4.98 Å². The predicted octanol–water partition coefficient (Wildman–Crippen LogP) is 3.84. The Morgan fingerprint density at radius 3 is 2.74 bits per heavy atom. The molecule has 4 heteroatoms. The zero-order valence-corrected chi connectivity index (χ0v) is 10.8. The number of rotatable bonds is 2. The number of alkyl halides is 1. The van der Waals surface area contributed by atoms with Gasteiger partial charge in [0.15, 0.2) is 0 Å². The summed E-state index contributed by atoms with van der Waals surface area (Å²) < 4.78 is 0. The van der Waals surface area contributed by atoms with Crippen LogP contribution in [-0.2, 0) is 5.88 Å². The summed E-state index contributed by atoms with van der Waals surface area (Å²) in [7, 11) is 0. The lowest BCUT2D eigenvalue weighted by Crippen LogP contribution is -1.92. The zero-order chi connectivity index (χ0) is 13.2. The van der Waals surface area contributed by atoms with Crippen molar-refractivity contribution in [3.63, 3.8) is 0 Å². The second kappa shape index (κ2) is 4.75. The van der Waals surface area contributed by atoms with Gasteiger partial charge in [0.25, 0.3) is 0 Å². The van der Waals surface area contributed by atoms with Crippen molar-refractivity contribution in [1.82, 2.24) is 9.97 Å². The van der Waals surface area contributed by atoms with Gasteiger partial charge in [0, 0.05) is 11.4 Å². The van der Waals surface area contributed by atoms with E-state index in [0.717, 1.165) is 22.2 Å². The number of para-hydroxylation sites is 2. The van der Waals surface area contributed by atoms with Gasteiger partial charge in [-0.2, -0.15) is 5.26 Å². The lowest BCUT2D eigenvalue weighted by atomic mass is 10.0. The van der Waals surface area contributed by atoms with E-state index in [1.54, 1.807) is 0 Å². The van der Waals surface area contributed by atoms with Gasteiger partial charge in [-0.15, -0.1) is 11.6 Å². The highest BCUT2D eigenvalue weighted by Crippen LogP contribution is 2.26. The second-order valence-electron chi connectivity index (χ2n) is 4.19. The maximum Gasteiger partial charge on any atom is 0.139 e. The average molecular weight is 268 g/mol. The van der Waals surface area contributed by atoms with E-state index in [4.69, 9.17) is 11.6 Å². The van der Waals surface area contributed by atoms with E-state index in [9.17, 15) is 5.26 Å². The van der Waals surface area contributed by atoms with E-state index >= 15 is 0 Å². The number of fused-ring (bicyclic) bond motifs is 1. The summed E-state index contributed by atoms with van der Waals surface area (Å²) in [5, 5.41) is 9.32. The zero-order valence-electron chi connectivity index (χ0n) is 10.0. The van der Waals surface area contributed by atoms with Gasteiger partial charge in [0.1, 0.15) is 11.9 Å². The second-order valence-corrected chi connectivity index (χ2v) is 4.45. The SMILES string of the molecule is N#Cc1c(CCl)cccc1-c1nc2ccccc2[nH]1. The summed E-state index contributed by atoms with van der Waals surface area (Å²) in [6.07, 6.45) is 0. The van der Waals surface area contributed by atoms with Gasteiger partial charge in [0.2, 0.25) is 0 Å². The highest BCUT2D eigenvalue weighted by atomic mass is 35.5. The van der Waals surface area contributed by atoms with Crippen molar-refractivity contribution in [2.24, 2.45) is 0 Å². The Morgan fingerprint density at radius 1 is 1.16 bits per heavy atom. The first-order valence-corrected chi connectivity index (χ1v) is 6.40. The molecule has 0 fully saturated rings. The van der Waals surface area contributed by atoms with Crippen molar-refractivity contribution in [3.8, 4) is 17.5 Å². The fourth-order valence-electron chi connectivity index (χ4n) is 2.12. The molecule has 3 rings (SSSR count). The number of hydrogen-bond donors (Lipinski definition) is 1. The van der Waals surface area contributed by atoms with Crippen LogP contribution in [-0.4, -0.2) is 9.97 Å². The van der Waals surface area contributed by atoms with Gasteiger partial charge < -0.3 is 4.98 Å². The van der Waals surface area contributed by atoms with E-state index in [2.05, 4.69) is 16.0 Å². The molecule has 3 aromatic rings. The molecule has 0 spiro atoms. The Labute approximate surface area is 115 Å². The fourth-order valence-corrected chi connectivity index (χ4v) is 2.34. The summed E-state index contributed by atoms with van der Waals surface area (Å²) in [6, 6.07) is 15.6. The molecular formula is C15H10ClN3. The van der Waals surface area contributed by atoms with Crippen molar-refractivity contribution in [1.29, 1.82) is 5.26 Å². The Balaban J connectivity index is 2.24. The predicted molar refractivity (Wildman–Crippen MR) is 75.8 cm³/mol. The van der Waals surface area contributed by atoms with Gasteiger partial charge >= 0.3 is 0 Å². The third kappa shape index (κ3) is 1.96. The molecule has 0 unspecified atom stereocenters. The van der Waals surface area contributed by atoms with Crippen LogP contribution < -0.4 is 0 Å². The van der Waals surface area contributed by atoms with Crippen LogP contribution in [0.3, 0.4) is 0 Å². The normalized spacial score (nSPS) is 10.5. The summed E-state index contributed by atoms with van der Waals surface area (Å²) >= 11 is 5.87. The highest BCUT2D eigenvalue weighted by Gasteiger charge is 2.12. The first kappa shape index (κ1) is 11.8. The molecule has 3 nitrogen and oxygen atoms in total. The molecule has 0 saturated carbocycles. The topological polar surface area (TPSA) is 52.5 Å². The van der Waals surface area contributed by atoms with Crippen LogP contribution >= 0.6 is 11.6 Å². The minimum Gasteiger partial charge on any atom is -0.338 e. The lowest BCUT2D eigenvalue weighted by Gasteiger charge is -2.04. The number of hydrogen-bond acceptors (Lipinski definition) is 2. The molecule has 19 heavy (non-hydrogen) atoms. The van der Waals surface area contributed by atoms with Gasteiger partial charge in [-0.05, 0) is 23.8 Å². The molecule has 1 heterocycles. The third-order valence-corrected chi connectivity index (χ3v) is 3.34. The van der Waals surface area contributed by atoms with Crippen LogP contribution in [0.4, 0.5) is 0 Å². The van der Waals surface area contributed by atoms with E-state index in [0.29, 0.717) is 17.3 Å². The Hall–Kier alpha value is -2.31. The van der Waals surface area contributed by atoms with Gasteiger partial charge in [0.05, 0.1) is 16.6 Å². The monoisotopic (exact) mass is 267 g/mol. The smallest absolute Gasteiger partial charge is 0.139 e. The standard InChI is InChI=1S/C15H10ClN3/c16-8-10-4-3-5-11(12(10)9-17)15-18-13-6-1-2-7-14(13)19-15/h1-7H,8H2,(H,18,19). The summed E-state index contributed by atoms with van der Waals surface area (Å²) in [5.41, 5.74) is 4.03. The molecule has 2 aromatic carbocycles. The molecule has 92 valence electrons. The van der Waals surface area contributed by atoms with Crippen molar-refractivity contribution in [3.05, 3.63) is 53.6 Å². The summed E-state index contributed by atoms with van der Waals surface area (Å²) in [4.78, 5) is 7.75. The van der Waals surface area contributed by atoms with E-state index < -0.39 is 0 Å². The van der Waals surface area contributed by atoms with Crippen LogP contribution in [0.15, 0.2) is 42.5 Å². The molecule has 0 aliphatic carbocycles. The number of H-pyrrole nitrogens is 1. The quantitative estimate of drug-likeness (QED) is 0.717. The largest absolute Gasteiger partial charge is 0.338 e. The van der Waals surface area contributed by atoms with Crippen molar-refractivity contribution < 1.29 is 0 Å². The van der Waals surface area contributed by atoms with Crippen LogP contribution in [0.1, 0.15) is 11.1 Å². The number of imidazole rings is 1. The van der Waals surface area contributed by atoms with Gasteiger partial charge in [-0.1, -0.05) is 24.3 Å². The molecule has 0 amide bonds. The Morgan fingerprint density at radius 2 is 2.00 bits per heavy atom. The molecule has 0 atom stereocenters. The Bertz CT molecular complexity index is 750. The van der Waals surface area contributed by atoms with Crippen LogP contribution in [0.5, 0.6) is 0 Å². The molecule has 1 N–H and O–H groups in total.